The van der Waals surface area contributed by atoms with Crippen molar-refractivity contribution in [3.05, 3.63) is 35.9 Å². The molecular formula is C18H31N3. The van der Waals surface area contributed by atoms with Gasteiger partial charge in [-0.05, 0) is 31.5 Å². The fourth-order valence-electron chi connectivity index (χ4n) is 3.16. The summed E-state index contributed by atoms with van der Waals surface area (Å²) in [6.07, 6.45) is 2.54. The van der Waals surface area contributed by atoms with E-state index in [2.05, 4.69) is 59.3 Å². The van der Waals surface area contributed by atoms with E-state index >= 15 is 0 Å². The van der Waals surface area contributed by atoms with Gasteiger partial charge in [-0.1, -0.05) is 44.2 Å². The van der Waals surface area contributed by atoms with E-state index < -0.39 is 0 Å². The normalized spacial score (nSPS) is 19.5. The highest BCUT2D eigenvalue weighted by atomic mass is 15.2. The van der Waals surface area contributed by atoms with Crippen LogP contribution in [0.4, 0.5) is 0 Å². The van der Waals surface area contributed by atoms with Crippen LogP contribution in [0.15, 0.2) is 30.3 Å². The fourth-order valence-corrected chi connectivity index (χ4v) is 3.16. The minimum Gasteiger partial charge on any atom is -0.311 e. The Labute approximate surface area is 130 Å². The molecule has 0 amide bonds. The second kappa shape index (κ2) is 9.19. The maximum atomic E-state index is 3.74. The van der Waals surface area contributed by atoms with Crippen molar-refractivity contribution in [3.63, 3.8) is 0 Å². The van der Waals surface area contributed by atoms with Gasteiger partial charge in [-0.2, -0.15) is 0 Å². The molecule has 1 atom stereocenters. The molecular weight excluding hydrogens is 258 g/mol. The van der Waals surface area contributed by atoms with Crippen molar-refractivity contribution in [2.45, 2.75) is 39.3 Å². The molecule has 1 aliphatic rings. The molecule has 0 saturated carbocycles. The van der Waals surface area contributed by atoms with Crippen LogP contribution in [0.1, 0.15) is 32.3 Å². The van der Waals surface area contributed by atoms with Gasteiger partial charge in [0, 0.05) is 38.8 Å². The molecule has 1 N–H and O–H groups in total. The van der Waals surface area contributed by atoms with Crippen molar-refractivity contribution < 1.29 is 0 Å². The molecule has 1 aromatic carbocycles. The smallest absolute Gasteiger partial charge is 0.0234 e. The molecule has 3 nitrogen and oxygen atoms in total. The number of likely N-dealkylation sites (tertiary alicyclic amines) is 1. The summed E-state index contributed by atoms with van der Waals surface area (Å²) in [5.74, 6) is 0. The van der Waals surface area contributed by atoms with E-state index in [1.165, 1.54) is 51.1 Å². The molecule has 118 valence electrons. The first-order valence-electron chi connectivity index (χ1n) is 8.53. The Kier molecular flexibility index (Phi) is 7.20. The summed E-state index contributed by atoms with van der Waals surface area (Å²) in [7, 11) is 0. The van der Waals surface area contributed by atoms with Crippen molar-refractivity contribution in [1.82, 2.24) is 15.1 Å². The van der Waals surface area contributed by atoms with Gasteiger partial charge in [0.05, 0.1) is 0 Å². The Morgan fingerprint density at radius 2 is 2.00 bits per heavy atom. The predicted molar refractivity (Wildman–Crippen MR) is 90.5 cm³/mol. The first kappa shape index (κ1) is 16.5. The molecule has 1 saturated heterocycles. The third kappa shape index (κ3) is 5.77. The third-order valence-corrected chi connectivity index (χ3v) is 4.37. The summed E-state index contributed by atoms with van der Waals surface area (Å²) in [6.45, 7) is 12.7. The zero-order valence-corrected chi connectivity index (χ0v) is 13.7. The summed E-state index contributed by atoms with van der Waals surface area (Å²) in [4.78, 5) is 5.10. The van der Waals surface area contributed by atoms with E-state index in [1.54, 1.807) is 0 Å². The average Bonchev–Trinajstić information content (AvgIpc) is 2.95. The highest BCUT2D eigenvalue weighted by Gasteiger charge is 2.21. The molecule has 0 spiro atoms. The number of hydrogen-bond donors (Lipinski definition) is 1. The molecule has 0 aliphatic carbocycles. The first-order valence-corrected chi connectivity index (χ1v) is 8.53. The molecule has 1 aliphatic heterocycles. The quantitative estimate of drug-likeness (QED) is 0.754. The van der Waals surface area contributed by atoms with Gasteiger partial charge in [0.2, 0.25) is 0 Å². The van der Waals surface area contributed by atoms with Crippen LogP contribution in [0, 0.1) is 0 Å². The Hall–Kier alpha value is -0.900. The molecule has 1 heterocycles. The molecule has 1 aromatic rings. The number of hydrogen-bond acceptors (Lipinski definition) is 3. The van der Waals surface area contributed by atoms with Gasteiger partial charge in [-0.15, -0.1) is 0 Å². The number of nitrogens with one attached hydrogen (secondary N) is 1. The van der Waals surface area contributed by atoms with Crippen LogP contribution in [0.5, 0.6) is 0 Å². The Morgan fingerprint density at radius 3 is 2.71 bits per heavy atom. The number of likely N-dealkylation sites (N-methyl/N-ethyl adjacent to an activating group) is 1. The SMILES string of the molecule is CCCN(CC)CCNC1CCN(Cc2ccccc2)C1. The van der Waals surface area contributed by atoms with Crippen LogP contribution in [0.2, 0.25) is 0 Å². The van der Waals surface area contributed by atoms with Crippen LogP contribution in [0.3, 0.4) is 0 Å². The van der Waals surface area contributed by atoms with Gasteiger partial charge in [0.1, 0.15) is 0 Å². The van der Waals surface area contributed by atoms with E-state index in [9.17, 15) is 0 Å². The van der Waals surface area contributed by atoms with Crippen molar-refractivity contribution in [1.29, 1.82) is 0 Å². The van der Waals surface area contributed by atoms with E-state index in [1.807, 2.05) is 0 Å². The molecule has 2 rings (SSSR count). The Morgan fingerprint density at radius 1 is 1.19 bits per heavy atom. The van der Waals surface area contributed by atoms with Crippen LogP contribution in [0.25, 0.3) is 0 Å². The topological polar surface area (TPSA) is 18.5 Å². The monoisotopic (exact) mass is 289 g/mol. The average molecular weight is 289 g/mol. The minimum atomic E-state index is 0.675. The van der Waals surface area contributed by atoms with Gasteiger partial charge in [-0.25, -0.2) is 0 Å². The number of benzene rings is 1. The summed E-state index contributed by atoms with van der Waals surface area (Å²) in [6, 6.07) is 11.5. The lowest BCUT2D eigenvalue weighted by Gasteiger charge is -2.21. The number of nitrogens with zero attached hydrogens (tertiary/aromatic N) is 2. The highest BCUT2D eigenvalue weighted by molar-refractivity contribution is 5.14. The molecule has 0 bridgehead atoms. The maximum Gasteiger partial charge on any atom is 0.0234 e. The summed E-state index contributed by atoms with van der Waals surface area (Å²) >= 11 is 0. The lowest BCUT2D eigenvalue weighted by molar-refractivity contribution is 0.278. The molecule has 1 fully saturated rings. The molecule has 0 radical (unpaired) electrons. The third-order valence-electron chi connectivity index (χ3n) is 4.37. The summed E-state index contributed by atoms with van der Waals surface area (Å²) in [5, 5.41) is 3.74. The Balaban J connectivity index is 1.64. The molecule has 21 heavy (non-hydrogen) atoms. The fraction of sp³-hybridized carbons (Fsp3) is 0.667. The van der Waals surface area contributed by atoms with Crippen LogP contribution >= 0.6 is 0 Å². The second-order valence-corrected chi connectivity index (χ2v) is 6.09. The minimum absolute atomic E-state index is 0.675. The lowest BCUT2D eigenvalue weighted by Crippen LogP contribution is -2.38. The van der Waals surface area contributed by atoms with Crippen molar-refractivity contribution >= 4 is 0 Å². The van der Waals surface area contributed by atoms with Crippen molar-refractivity contribution in [2.24, 2.45) is 0 Å². The largest absolute Gasteiger partial charge is 0.311 e. The zero-order valence-electron chi connectivity index (χ0n) is 13.7. The molecule has 0 aromatic heterocycles. The van der Waals surface area contributed by atoms with Gasteiger partial charge in [-0.3, -0.25) is 4.90 Å². The van der Waals surface area contributed by atoms with Gasteiger partial charge in [0.15, 0.2) is 0 Å². The van der Waals surface area contributed by atoms with E-state index in [0.717, 1.165) is 13.1 Å². The highest BCUT2D eigenvalue weighted by Crippen LogP contribution is 2.13. The van der Waals surface area contributed by atoms with Gasteiger partial charge >= 0.3 is 0 Å². The Bertz CT molecular complexity index is 379. The van der Waals surface area contributed by atoms with Gasteiger partial charge < -0.3 is 10.2 Å². The van der Waals surface area contributed by atoms with Crippen molar-refractivity contribution in [3.8, 4) is 0 Å². The summed E-state index contributed by atoms with van der Waals surface area (Å²) in [5.41, 5.74) is 1.43. The predicted octanol–water partition coefficient (Wildman–Crippen LogP) is 2.58. The van der Waals surface area contributed by atoms with Gasteiger partial charge in [0.25, 0.3) is 0 Å². The first-order chi connectivity index (χ1) is 10.3. The second-order valence-electron chi connectivity index (χ2n) is 6.09. The van der Waals surface area contributed by atoms with E-state index in [0.29, 0.717) is 6.04 Å². The zero-order chi connectivity index (χ0) is 14.9. The lowest BCUT2D eigenvalue weighted by atomic mass is 10.2. The summed E-state index contributed by atoms with van der Waals surface area (Å²) < 4.78 is 0. The standard InChI is InChI=1S/C18H31N3/c1-3-12-20(4-2)14-11-19-18-10-13-21(16-18)15-17-8-6-5-7-9-17/h5-9,18-19H,3-4,10-16H2,1-2H3. The van der Waals surface area contributed by atoms with Crippen LogP contribution in [-0.4, -0.2) is 55.1 Å². The van der Waals surface area contributed by atoms with E-state index in [-0.39, 0.29) is 0 Å². The van der Waals surface area contributed by atoms with Crippen LogP contribution < -0.4 is 5.32 Å². The molecule has 1 unspecified atom stereocenters. The van der Waals surface area contributed by atoms with Crippen molar-refractivity contribution in [2.75, 3.05) is 39.3 Å². The van der Waals surface area contributed by atoms with Crippen LogP contribution in [-0.2, 0) is 6.54 Å². The van der Waals surface area contributed by atoms with E-state index in [4.69, 9.17) is 0 Å². The number of rotatable bonds is 9. The maximum absolute atomic E-state index is 3.74. The molecule has 3 heteroatoms.